The Hall–Kier alpha value is -3.89. The van der Waals surface area contributed by atoms with Crippen molar-refractivity contribution in [1.29, 1.82) is 0 Å². The minimum atomic E-state index is -4.75. The van der Waals surface area contributed by atoms with Gasteiger partial charge in [0.05, 0.1) is 0 Å². The molecule has 2 heterocycles. The lowest BCUT2D eigenvalue weighted by Crippen LogP contribution is -2.38. The van der Waals surface area contributed by atoms with Gasteiger partial charge in [0.1, 0.15) is 11.4 Å². The fourth-order valence-electron chi connectivity index (χ4n) is 5.73. The molecule has 1 amide bonds. The lowest BCUT2D eigenvalue weighted by molar-refractivity contribution is -0.274. The second kappa shape index (κ2) is 14.3. The lowest BCUT2D eigenvalue weighted by atomic mass is 10.0. The van der Waals surface area contributed by atoms with Gasteiger partial charge in [0.15, 0.2) is 0 Å². The molecule has 0 radical (unpaired) electrons. The maximum atomic E-state index is 12.8. The molecule has 0 aliphatic carbocycles. The number of alkyl halides is 3. The van der Waals surface area contributed by atoms with E-state index in [2.05, 4.69) is 49.1 Å². The summed E-state index contributed by atoms with van der Waals surface area (Å²) in [4.78, 5) is 14.5. The maximum Gasteiger partial charge on any atom is 0.573 e. The first-order valence-corrected chi connectivity index (χ1v) is 15.9. The molecule has 0 bridgehead atoms. The van der Waals surface area contributed by atoms with Crippen molar-refractivity contribution in [2.45, 2.75) is 71.1 Å². The van der Waals surface area contributed by atoms with Gasteiger partial charge >= 0.3 is 12.5 Å². The molecule has 46 heavy (non-hydrogen) atoms. The standard InChI is InChI=1S/C35H40ClF3N4O3/c1-34(2,3)46-33(44)40-17-6-18-43-23-30(24-9-12-28(13-10-24)45-35(37,38)39)29-21-27(11-14-32(29)43)41-26-15-19-42(20-16-26)22-25-7-4-5-8-31(25)36/h4-5,7-14,21,23,26,41H,6,15-20,22H2,1-3H3,(H,40,44). The molecule has 0 saturated carbocycles. The summed E-state index contributed by atoms with van der Waals surface area (Å²) in [6, 6.07) is 20.4. The minimum absolute atomic E-state index is 0.267. The third-order valence-corrected chi connectivity index (χ3v) is 8.20. The summed E-state index contributed by atoms with van der Waals surface area (Å²) in [6.07, 6.45) is -0.570. The first-order valence-electron chi connectivity index (χ1n) is 15.5. The molecule has 1 saturated heterocycles. The van der Waals surface area contributed by atoms with Gasteiger partial charge in [-0.1, -0.05) is 41.9 Å². The van der Waals surface area contributed by atoms with Crippen molar-refractivity contribution in [3.05, 3.63) is 83.5 Å². The van der Waals surface area contributed by atoms with Crippen LogP contribution in [0.5, 0.6) is 5.75 Å². The van der Waals surface area contributed by atoms with Crippen molar-refractivity contribution in [3.63, 3.8) is 0 Å². The van der Waals surface area contributed by atoms with E-state index in [0.29, 0.717) is 25.6 Å². The van der Waals surface area contributed by atoms with Crippen LogP contribution >= 0.6 is 11.6 Å². The van der Waals surface area contributed by atoms with Crippen LogP contribution in [0.15, 0.2) is 72.9 Å². The third kappa shape index (κ3) is 9.33. The Morgan fingerprint density at radius 2 is 1.72 bits per heavy atom. The number of rotatable bonds is 10. The molecule has 1 aliphatic heterocycles. The average molecular weight is 657 g/mol. The second-order valence-corrected chi connectivity index (χ2v) is 13.0. The molecule has 246 valence electrons. The predicted molar refractivity (Wildman–Crippen MR) is 176 cm³/mol. The second-order valence-electron chi connectivity index (χ2n) is 12.6. The molecule has 4 aromatic rings. The highest BCUT2D eigenvalue weighted by atomic mass is 35.5. The predicted octanol–water partition coefficient (Wildman–Crippen LogP) is 8.85. The van der Waals surface area contributed by atoms with Crippen LogP contribution < -0.4 is 15.4 Å². The minimum Gasteiger partial charge on any atom is -0.444 e. The summed E-state index contributed by atoms with van der Waals surface area (Å²) in [5.41, 5.74) is 4.21. The summed E-state index contributed by atoms with van der Waals surface area (Å²) in [5, 5.41) is 8.27. The average Bonchev–Trinajstić information content (AvgIpc) is 3.34. The van der Waals surface area contributed by atoms with E-state index in [1.54, 1.807) is 12.1 Å². The summed E-state index contributed by atoms with van der Waals surface area (Å²) in [7, 11) is 0. The summed E-state index contributed by atoms with van der Waals surface area (Å²) in [5.74, 6) is -0.267. The number of aromatic nitrogens is 1. The van der Waals surface area contributed by atoms with E-state index in [0.717, 1.165) is 70.8 Å². The summed E-state index contributed by atoms with van der Waals surface area (Å²) >= 11 is 6.37. The highest BCUT2D eigenvalue weighted by molar-refractivity contribution is 6.31. The Balaban J connectivity index is 1.30. The molecule has 0 atom stereocenters. The molecule has 1 aliphatic rings. The van der Waals surface area contributed by atoms with Crippen LogP contribution in [0.3, 0.4) is 0 Å². The first-order chi connectivity index (χ1) is 21.8. The van der Waals surface area contributed by atoms with Gasteiger partial charge in [0, 0.05) is 72.1 Å². The van der Waals surface area contributed by atoms with Crippen LogP contribution in [0.2, 0.25) is 5.02 Å². The zero-order valence-electron chi connectivity index (χ0n) is 26.3. The summed E-state index contributed by atoms with van der Waals surface area (Å²) < 4.78 is 49.8. The Bertz CT molecular complexity index is 1630. The number of carbonyl (C=O) groups is 1. The van der Waals surface area contributed by atoms with Crippen molar-refractivity contribution in [2.75, 3.05) is 25.0 Å². The highest BCUT2D eigenvalue weighted by Crippen LogP contribution is 2.35. The van der Waals surface area contributed by atoms with Crippen molar-refractivity contribution in [1.82, 2.24) is 14.8 Å². The van der Waals surface area contributed by atoms with Gasteiger partial charge in [-0.05, 0) is 87.6 Å². The molecule has 1 fully saturated rings. The number of alkyl carbamates (subject to hydrolysis) is 1. The Morgan fingerprint density at radius 3 is 2.39 bits per heavy atom. The first kappa shape index (κ1) is 33.5. The number of amides is 1. The van der Waals surface area contributed by atoms with E-state index in [4.69, 9.17) is 16.3 Å². The molecule has 7 nitrogen and oxygen atoms in total. The van der Waals surface area contributed by atoms with Crippen molar-refractivity contribution in [2.24, 2.45) is 0 Å². The number of nitrogens with one attached hydrogen (secondary N) is 2. The van der Waals surface area contributed by atoms with E-state index < -0.39 is 18.1 Å². The molecule has 0 spiro atoms. The van der Waals surface area contributed by atoms with Crippen LogP contribution in [-0.2, 0) is 17.8 Å². The number of likely N-dealkylation sites (tertiary alicyclic amines) is 1. The fourth-order valence-corrected chi connectivity index (χ4v) is 5.93. The number of nitrogens with zero attached hydrogens (tertiary/aromatic N) is 2. The number of hydrogen-bond donors (Lipinski definition) is 2. The van der Waals surface area contributed by atoms with E-state index >= 15 is 0 Å². The topological polar surface area (TPSA) is 67.8 Å². The number of fused-ring (bicyclic) bond motifs is 1. The molecule has 0 unspecified atom stereocenters. The van der Waals surface area contributed by atoms with Gasteiger partial charge in [-0.25, -0.2) is 4.79 Å². The molecule has 5 rings (SSSR count). The van der Waals surface area contributed by atoms with Gasteiger partial charge in [0.25, 0.3) is 0 Å². The number of piperidine rings is 1. The van der Waals surface area contributed by atoms with Gasteiger partial charge in [-0.15, -0.1) is 13.2 Å². The van der Waals surface area contributed by atoms with Crippen molar-refractivity contribution >= 4 is 34.3 Å². The number of carbonyl (C=O) groups excluding carboxylic acids is 1. The molecular formula is C35H40ClF3N4O3. The number of ether oxygens (including phenoxy) is 2. The van der Waals surface area contributed by atoms with Gasteiger partial charge < -0.3 is 24.7 Å². The number of hydrogen-bond acceptors (Lipinski definition) is 5. The highest BCUT2D eigenvalue weighted by Gasteiger charge is 2.31. The monoisotopic (exact) mass is 656 g/mol. The van der Waals surface area contributed by atoms with E-state index in [1.807, 2.05) is 45.2 Å². The third-order valence-electron chi connectivity index (χ3n) is 7.83. The van der Waals surface area contributed by atoms with Crippen LogP contribution in [0, 0.1) is 0 Å². The van der Waals surface area contributed by atoms with Crippen LogP contribution in [0.4, 0.5) is 23.7 Å². The van der Waals surface area contributed by atoms with Crippen molar-refractivity contribution in [3.8, 4) is 16.9 Å². The number of benzene rings is 3. The molecular weight excluding hydrogens is 617 g/mol. The van der Waals surface area contributed by atoms with Crippen LogP contribution in [0.25, 0.3) is 22.0 Å². The van der Waals surface area contributed by atoms with Crippen LogP contribution in [0.1, 0.15) is 45.6 Å². The smallest absolute Gasteiger partial charge is 0.444 e. The molecule has 2 N–H and O–H groups in total. The van der Waals surface area contributed by atoms with E-state index in [9.17, 15) is 18.0 Å². The zero-order valence-corrected chi connectivity index (χ0v) is 27.0. The number of anilines is 1. The maximum absolute atomic E-state index is 12.8. The Kier molecular flexibility index (Phi) is 10.4. The van der Waals surface area contributed by atoms with Gasteiger partial charge in [-0.3, -0.25) is 4.90 Å². The van der Waals surface area contributed by atoms with E-state index in [-0.39, 0.29) is 5.75 Å². The molecule has 3 aromatic carbocycles. The van der Waals surface area contributed by atoms with Gasteiger partial charge in [-0.2, -0.15) is 0 Å². The van der Waals surface area contributed by atoms with Gasteiger partial charge in [0.2, 0.25) is 0 Å². The largest absolute Gasteiger partial charge is 0.573 e. The lowest BCUT2D eigenvalue weighted by Gasteiger charge is -2.33. The number of halogens is 4. The Labute approximate surface area is 272 Å². The summed E-state index contributed by atoms with van der Waals surface area (Å²) in [6.45, 7) is 9.24. The zero-order chi connectivity index (χ0) is 32.9. The normalized spacial score (nSPS) is 14.8. The number of aryl methyl sites for hydroxylation is 1. The molecule has 11 heteroatoms. The Morgan fingerprint density at radius 1 is 1.00 bits per heavy atom. The molecule has 1 aromatic heterocycles. The fraction of sp³-hybridized carbons (Fsp3) is 0.400. The van der Waals surface area contributed by atoms with E-state index in [1.165, 1.54) is 12.1 Å². The van der Waals surface area contributed by atoms with Crippen molar-refractivity contribution < 1.29 is 27.4 Å². The SMILES string of the molecule is CC(C)(C)OC(=O)NCCCn1cc(-c2ccc(OC(F)(F)F)cc2)c2cc(NC3CCN(Cc4ccccc4Cl)CC3)ccc21. The van der Waals surface area contributed by atoms with Crippen LogP contribution in [-0.4, -0.2) is 53.2 Å². The quantitative estimate of drug-likeness (QED) is 0.167.